The number of aromatic nitrogens is 1. The summed E-state index contributed by atoms with van der Waals surface area (Å²) in [6.45, 7) is 1.05. The van der Waals surface area contributed by atoms with Crippen molar-refractivity contribution in [3.05, 3.63) is 24.0 Å². The lowest BCUT2D eigenvalue weighted by Gasteiger charge is -2.21. The van der Waals surface area contributed by atoms with Gasteiger partial charge in [-0.3, -0.25) is 4.98 Å². The van der Waals surface area contributed by atoms with Gasteiger partial charge in [0, 0.05) is 35.0 Å². The minimum absolute atomic E-state index is 0.479. The highest BCUT2D eigenvalue weighted by atomic mass is 79.9. The molecule has 1 aliphatic heterocycles. The quantitative estimate of drug-likeness (QED) is 0.669. The second kappa shape index (κ2) is 2.81. The Kier molecular flexibility index (Phi) is 1.82. The highest BCUT2D eigenvalue weighted by Gasteiger charge is 2.16. The van der Waals surface area contributed by atoms with Gasteiger partial charge in [-0.15, -0.1) is 0 Å². The van der Waals surface area contributed by atoms with Crippen molar-refractivity contribution in [1.82, 2.24) is 4.98 Å². The average Bonchev–Trinajstić information content (AvgIpc) is 2.06. The fraction of sp³-hybridized carbons (Fsp3) is 0.375. The summed E-state index contributed by atoms with van der Waals surface area (Å²) in [6, 6.07) is 2.02. The molecule has 11 heavy (non-hydrogen) atoms. The van der Waals surface area contributed by atoms with Gasteiger partial charge < -0.3 is 5.32 Å². The molecule has 1 aromatic rings. The third-order valence-electron chi connectivity index (χ3n) is 1.90. The molecule has 1 unspecified atom stereocenters. The molecule has 2 nitrogen and oxygen atoms in total. The Hall–Kier alpha value is -0.570. The second-order valence-electron chi connectivity index (χ2n) is 2.65. The number of fused-ring (bicyclic) bond motifs is 1. The van der Waals surface area contributed by atoms with Crippen molar-refractivity contribution in [2.75, 3.05) is 11.9 Å². The first-order valence-corrected chi connectivity index (χ1v) is 4.61. The van der Waals surface area contributed by atoms with Crippen molar-refractivity contribution in [1.29, 1.82) is 0 Å². The maximum absolute atomic E-state index is 4.08. The molecule has 0 aliphatic carbocycles. The molecule has 1 aliphatic rings. The van der Waals surface area contributed by atoms with Gasteiger partial charge in [0.2, 0.25) is 0 Å². The number of alkyl halides is 1. The zero-order chi connectivity index (χ0) is 7.68. The third-order valence-corrected chi connectivity index (χ3v) is 2.85. The zero-order valence-electron chi connectivity index (χ0n) is 6.05. The van der Waals surface area contributed by atoms with E-state index in [1.54, 1.807) is 0 Å². The van der Waals surface area contributed by atoms with E-state index >= 15 is 0 Å². The van der Waals surface area contributed by atoms with Crippen LogP contribution in [-0.4, -0.2) is 11.5 Å². The molecule has 0 amide bonds. The summed E-state index contributed by atoms with van der Waals surface area (Å²) in [7, 11) is 0. The number of halogens is 1. The average molecular weight is 213 g/mol. The molecule has 0 fully saturated rings. The number of hydrogen-bond acceptors (Lipinski definition) is 2. The monoisotopic (exact) mass is 212 g/mol. The summed E-state index contributed by atoms with van der Waals surface area (Å²) in [4.78, 5) is 4.56. The Morgan fingerprint density at radius 3 is 3.36 bits per heavy atom. The third kappa shape index (κ3) is 1.25. The molecule has 0 spiro atoms. The van der Waals surface area contributed by atoms with Crippen molar-refractivity contribution in [3.63, 3.8) is 0 Å². The fourth-order valence-corrected chi connectivity index (χ4v) is 1.90. The summed E-state index contributed by atoms with van der Waals surface area (Å²) >= 11 is 3.61. The van der Waals surface area contributed by atoms with Gasteiger partial charge >= 0.3 is 0 Å². The topological polar surface area (TPSA) is 24.9 Å². The van der Waals surface area contributed by atoms with Gasteiger partial charge in [-0.25, -0.2) is 0 Å². The zero-order valence-corrected chi connectivity index (χ0v) is 7.63. The molecule has 58 valence electrons. The smallest absolute Gasteiger partial charge is 0.0447 e. The van der Waals surface area contributed by atoms with Gasteiger partial charge in [-0.05, 0) is 12.5 Å². The van der Waals surface area contributed by atoms with Crippen LogP contribution in [0.1, 0.15) is 16.8 Å². The first-order chi connectivity index (χ1) is 5.38. The summed E-state index contributed by atoms with van der Waals surface area (Å²) in [5.74, 6) is 0. The first-order valence-electron chi connectivity index (χ1n) is 3.70. The van der Waals surface area contributed by atoms with Crippen molar-refractivity contribution in [3.8, 4) is 0 Å². The Balaban J connectivity index is 2.44. The van der Waals surface area contributed by atoms with Crippen LogP contribution in [0.15, 0.2) is 18.5 Å². The Bertz CT molecular complexity index is 262. The van der Waals surface area contributed by atoms with Gasteiger partial charge in [0.25, 0.3) is 0 Å². The minimum Gasteiger partial charge on any atom is -0.385 e. The minimum atomic E-state index is 0.479. The summed E-state index contributed by atoms with van der Waals surface area (Å²) in [6.07, 6.45) is 4.87. The maximum atomic E-state index is 4.08. The lowest BCUT2D eigenvalue weighted by molar-refractivity contribution is 0.817. The van der Waals surface area contributed by atoms with E-state index in [1.165, 1.54) is 11.3 Å². The van der Waals surface area contributed by atoms with Crippen LogP contribution in [0.25, 0.3) is 0 Å². The molecule has 3 heteroatoms. The molecular formula is C8H9BrN2. The molecule has 1 atom stereocenters. The van der Waals surface area contributed by atoms with E-state index in [0.717, 1.165) is 13.0 Å². The maximum Gasteiger partial charge on any atom is 0.0447 e. The molecule has 1 aromatic heterocycles. The largest absolute Gasteiger partial charge is 0.385 e. The van der Waals surface area contributed by atoms with Gasteiger partial charge in [-0.1, -0.05) is 15.9 Å². The molecule has 0 saturated heterocycles. The lowest BCUT2D eigenvalue weighted by atomic mass is 10.1. The molecule has 0 radical (unpaired) electrons. The number of nitrogens with zero attached hydrogens (tertiary/aromatic N) is 1. The highest BCUT2D eigenvalue weighted by molar-refractivity contribution is 9.09. The predicted octanol–water partition coefficient (Wildman–Crippen LogP) is 2.33. The normalized spacial score (nSPS) is 22.1. The van der Waals surface area contributed by atoms with Gasteiger partial charge in [0.05, 0.1) is 0 Å². The molecule has 0 bridgehead atoms. The van der Waals surface area contributed by atoms with Crippen LogP contribution in [0, 0.1) is 0 Å². The van der Waals surface area contributed by atoms with Crippen molar-refractivity contribution in [2.24, 2.45) is 0 Å². The summed E-state index contributed by atoms with van der Waals surface area (Å²) in [5, 5.41) is 3.32. The first kappa shape index (κ1) is 7.10. The summed E-state index contributed by atoms with van der Waals surface area (Å²) < 4.78 is 0. The van der Waals surface area contributed by atoms with Crippen molar-refractivity contribution >= 4 is 21.6 Å². The molecular weight excluding hydrogens is 204 g/mol. The number of nitrogens with one attached hydrogen (secondary N) is 1. The van der Waals surface area contributed by atoms with Crippen LogP contribution in [0.4, 0.5) is 5.69 Å². The molecule has 1 N–H and O–H groups in total. The standard InChI is InChI=1S/C8H9BrN2/c9-7-1-4-11-8-2-3-10-5-6(7)8/h2-3,5,7,11H,1,4H2. The van der Waals surface area contributed by atoms with E-state index in [1.807, 2.05) is 18.5 Å². The highest BCUT2D eigenvalue weighted by Crippen LogP contribution is 2.34. The van der Waals surface area contributed by atoms with E-state index in [0.29, 0.717) is 4.83 Å². The number of pyridine rings is 1. The van der Waals surface area contributed by atoms with E-state index < -0.39 is 0 Å². The lowest BCUT2D eigenvalue weighted by Crippen LogP contribution is -2.13. The summed E-state index contributed by atoms with van der Waals surface area (Å²) in [5.41, 5.74) is 2.49. The number of hydrogen-bond donors (Lipinski definition) is 1. The molecule has 0 aromatic carbocycles. The van der Waals surface area contributed by atoms with E-state index in [-0.39, 0.29) is 0 Å². The molecule has 0 saturated carbocycles. The van der Waals surface area contributed by atoms with Crippen LogP contribution in [0.3, 0.4) is 0 Å². The Morgan fingerprint density at radius 1 is 1.64 bits per heavy atom. The SMILES string of the molecule is BrC1CCNc2ccncc21. The molecule has 2 heterocycles. The Morgan fingerprint density at radius 2 is 2.55 bits per heavy atom. The molecule has 2 rings (SSSR count). The van der Waals surface area contributed by atoms with Crippen LogP contribution in [-0.2, 0) is 0 Å². The Labute approximate surface area is 74.2 Å². The fourth-order valence-electron chi connectivity index (χ4n) is 1.31. The van der Waals surface area contributed by atoms with Crippen molar-refractivity contribution < 1.29 is 0 Å². The van der Waals surface area contributed by atoms with Crippen LogP contribution < -0.4 is 5.32 Å². The van der Waals surface area contributed by atoms with Gasteiger partial charge in [-0.2, -0.15) is 0 Å². The van der Waals surface area contributed by atoms with E-state index in [4.69, 9.17) is 0 Å². The van der Waals surface area contributed by atoms with Gasteiger partial charge in [0.15, 0.2) is 0 Å². The van der Waals surface area contributed by atoms with Gasteiger partial charge in [0.1, 0.15) is 0 Å². The number of anilines is 1. The second-order valence-corrected chi connectivity index (χ2v) is 3.75. The van der Waals surface area contributed by atoms with E-state index in [2.05, 4.69) is 26.2 Å². The predicted molar refractivity (Wildman–Crippen MR) is 49.0 cm³/mol. The van der Waals surface area contributed by atoms with Crippen LogP contribution >= 0.6 is 15.9 Å². The van der Waals surface area contributed by atoms with Crippen LogP contribution in [0.2, 0.25) is 0 Å². The van der Waals surface area contributed by atoms with Crippen LogP contribution in [0.5, 0.6) is 0 Å². The van der Waals surface area contributed by atoms with E-state index in [9.17, 15) is 0 Å². The van der Waals surface area contributed by atoms with Crippen molar-refractivity contribution in [2.45, 2.75) is 11.2 Å². The number of rotatable bonds is 0.